The average Bonchev–Trinajstić information content (AvgIpc) is 3.32. The van der Waals surface area contributed by atoms with Crippen LogP contribution in [0, 0.1) is 5.41 Å². The number of anilines is 2. The molecule has 1 amide bonds. The lowest BCUT2D eigenvalue weighted by molar-refractivity contribution is -0.125. The summed E-state index contributed by atoms with van der Waals surface area (Å²) in [6.07, 6.45) is 3.71. The van der Waals surface area contributed by atoms with E-state index in [1.54, 1.807) is 23.7 Å². The number of hydrogen-bond acceptors (Lipinski definition) is 7. The Hall–Kier alpha value is -2.76. The third-order valence-corrected chi connectivity index (χ3v) is 9.69. The van der Waals surface area contributed by atoms with E-state index in [9.17, 15) is 21.6 Å². The monoisotopic (exact) mass is 505 g/mol. The summed E-state index contributed by atoms with van der Waals surface area (Å²) in [5.41, 5.74) is 1.55. The van der Waals surface area contributed by atoms with Crippen molar-refractivity contribution in [3.63, 3.8) is 0 Å². The number of benzene rings is 2. The Bertz CT molecular complexity index is 1370. The standard InChI is InChI=1S/C22H23N3O5S3/c1-22(20(26)24-21-23-11-12-31-21)14-16-9-10-17(25(32(2,27)28)33(3,29)30)13-18(16)19(22)15-7-5-4-6-8-15/h4-13,19H,14H2,1-3H3,(H,23,24,26)/t19-,22+/m1/s1. The molecule has 11 heteroatoms. The molecule has 0 unspecified atom stereocenters. The number of fused-ring (bicyclic) bond motifs is 1. The molecule has 2 aromatic carbocycles. The summed E-state index contributed by atoms with van der Waals surface area (Å²) in [5, 5.41) is 5.15. The predicted octanol–water partition coefficient (Wildman–Crippen LogP) is 3.20. The molecule has 0 fully saturated rings. The van der Waals surface area contributed by atoms with E-state index in [2.05, 4.69) is 10.3 Å². The first-order chi connectivity index (χ1) is 15.4. The van der Waals surface area contributed by atoms with Crippen LogP contribution in [-0.2, 0) is 31.3 Å². The van der Waals surface area contributed by atoms with E-state index in [1.165, 1.54) is 17.4 Å². The van der Waals surface area contributed by atoms with E-state index >= 15 is 0 Å². The maximum Gasteiger partial charge on any atom is 0.245 e. The number of thiazole rings is 1. The normalized spacial score (nSPS) is 20.3. The van der Waals surface area contributed by atoms with Crippen LogP contribution < -0.4 is 9.03 Å². The van der Waals surface area contributed by atoms with Crippen molar-refractivity contribution in [3.05, 3.63) is 76.8 Å². The number of rotatable bonds is 6. The fraction of sp³-hybridized carbons (Fsp3) is 0.273. The summed E-state index contributed by atoms with van der Waals surface area (Å²) in [6, 6.07) is 14.2. The highest BCUT2D eigenvalue weighted by atomic mass is 32.3. The van der Waals surface area contributed by atoms with Gasteiger partial charge in [0.15, 0.2) is 5.13 Å². The van der Waals surface area contributed by atoms with Crippen molar-refractivity contribution >= 4 is 48.1 Å². The van der Waals surface area contributed by atoms with Crippen LogP contribution in [0.4, 0.5) is 10.8 Å². The number of nitrogens with one attached hydrogen (secondary N) is 1. The molecule has 1 aliphatic rings. The Morgan fingerprint density at radius 1 is 1.09 bits per heavy atom. The maximum absolute atomic E-state index is 13.5. The molecule has 174 valence electrons. The van der Waals surface area contributed by atoms with Crippen LogP contribution in [0.3, 0.4) is 0 Å². The lowest BCUT2D eigenvalue weighted by Crippen LogP contribution is -2.37. The minimum Gasteiger partial charge on any atom is -0.301 e. The maximum atomic E-state index is 13.5. The molecular formula is C22H23N3O5S3. The average molecular weight is 506 g/mol. The van der Waals surface area contributed by atoms with Crippen LogP contribution in [0.15, 0.2) is 60.1 Å². The second-order valence-electron chi connectivity index (χ2n) is 8.34. The van der Waals surface area contributed by atoms with Gasteiger partial charge >= 0.3 is 0 Å². The molecule has 4 rings (SSSR count). The van der Waals surface area contributed by atoms with Crippen molar-refractivity contribution in [1.29, 1.82) is 0 Å². The van der Waals surface area contributed by atoms with E-state index in [0.717, 1.165) is 23.6 Å². The van der Waals surface area contributed by atoms with E-state index in [0.29, 0.717) is 20.8 Å². The van der Waals surface area contributed by atoms with E-state index < -0.39 is 31.4 Å². The molecule has 3 aromatic rings. The van der Waals surface area contributed by atoms with Crippen LogP contribution >= 0.6 is 11.3 Å². The van der Waals surface area contributed by atoms with Gasteiger partial charge in [0, 0.05) is 17.5 Å². The number of sulfonamides is 2. The molecule has 1 N–H and O–H groups in total. The lowest BCUT2D eigenvalue weighted by atomic mass is 9.73. The minimum atomic E-state index is -4.10. The summed E-state index contributed by atoms with van der Waals surface area (Å²) >= 11 is 1.32. The first-order valence-corrected chi connectivity index (χ1v) is 14.6. The molecule has 0 bridgehead atoms. The first kappa shape index (κ1) is 23.4. The van der Waals surface area contributed by atoms with Crippen LogP contribution in [0.2, 0.25) is 0 Å². The minimum absolute atomic E-state index is 0.0178. The topological polar surface area (TPSA) is 114 Å². The van der Waals surface area contributed by atoms with Gasteiger partial charge < -0.3 is 5.32 Å². The highest BCUT2D eigenvalue weighted by molar-refractivity contribution is 8.09. The van der Waals surface area contributed by atoms with Gasteiger partial charge in [-0.05, 0) is 42.2 Å². The van der Waals surface area contributed by atoms with Crippen LogP contribution in [0.25, 0.3) is 0 Å². The zero-order chi connectivity index (χ0) is 24.0. The van der Waals surface area contributed by atoms with Crippen molar-refractivity contribution in [1.82, 2.24) is 4.98 Å². The molecule has 0 spiro atoms. The van der Waals surface area contributed by atoms with Crippen molar-refractivity contribution in [3.8, 4) is 0 Å². The second-order valence-corrected chi connectivity index (χ2v) is 13.1. The van der Waals surface area contributed by atoms with Crippen LogP contribution in [-0.4, -0.2) is 40.2 Å². The fourth-order valence-electron chi connectivity index (χ4n) is 4.52. The lowest BCUT2D eigenvalue weighted by Gasteiger charge is -2.31. The largest absolute Gasteiger partial charge is 0.301 e. The van der Waals surface area contributed by atoms with Crippen molar-refractivity contribution in [2.24, 2.45) is 5.41 Å². The zero-order valence-corrected chi connectivity index (χ0v) is 20.7. The fourth-order valence-corrected chi connectivity index (χ4v) is 8.01. The first-order valence-electron chi connectivity index (χ1n) is 10.0. The summed E-state index contributed by atoms with van der Waals surface area (Å²) in [5.74, 6) is -0.637. The van der Waals surface area contributed by atoms with Gasteiger partial charge in [0.1, 0.15) is 0 Å². The van der Waals surface area contributed by atoms with E-state index in [1.807, 2.05) is 37.3 Å². The van der Waals surface area contributed by atoms with Gasteiger partial charge in [-0.3, -0.25) is 4.79 Å². The molecule has 1 heterocycles. The third kappa shape index (κ3) is 4.40. The third-order valence-electron chi connectivity index (χ3n) is 5.75. The number of carbonyl (C=O) groups excluding carboxylic acids is 1. The molecule has 0 saturated heterocycles. The molecule has 2 atom stereocenters. The highest BCUT2D eigenvalue weighted by Gasteiger charge is 2.49. The SMILES string of the molecule is C[C@]1(C(=O)Nc2nccs2)Cc2ccc(N(S(C)(=O)=O)S(C)(=O)=O)cc2[C@H]1c1ccccc1. The Morgan fingerprint density at radius 2 is 1.76 bits per heavy atom. The van der Waals surface area contributed by atoms with Gasteiger partial charge in [0.05, 0.1) is 23.6 Å². The van der Waals surface area contributed by atoms with Crippen LogP contribution in [0.1, 0.15) is 29.5 Å². The van der Waals surface area contributed by atoms with Gasteiger partial charge in [-0.25, -0.2) is 21.8 Å². The highest BCUT2D eigenvalue weighted by Crippen LogP contribution is 2.52. The van der Waals surface area contributed by atoms with Crippen molar-refractivity contribution in [2.45, 2.75) is 19.3 Å². The Labute approximate surface area is 197 Å². The van der Waals surface area contributed by atoms with Gasteiger partial charge in [0.2, 0.25) is 26.0 Å². The molecule has 0 radical (unpaired) electrons. The molecule has 33 heavy (non-hydrogen) atoms. The van der Waals surface area contributed by atoms with Gasteiger partial charge in [0.25, 0.3) is 0 Å². The van der Waals surface area contributed by atoms with Gasteiger partial charge in [-0.15, -0.1) is 11.3 Å². The van der Waals surface area contributed by atoms with Crippen LogP contribution in [0.5, 0.6) is 0 Å². The molecular weight excluding hydrogens is 482 g/mol. The number of aromatic nitrogens is 1. The molecule has 0 aliphatic heterocycles. The Balaban J connectivity index is 1.86. The van der Waals surface area contributed by atoms with Crippen molar-refractivity contribution < 1.29 is 21.6 Å². The van der Waals surface area contributed by atoms with E-state index in [4.69, 9.17) is 0 Å². The summed E-state index contributed by atoms with van der Waals surface area (Å²) < 4.78 is 49.7. The van der Waals surface area contributed by atoms with E-state index in [-0.39, 0.29) is 11.6 Å². The summed E-state index contributed by atoms with van der Waals surface area (Å²) in [7, 11) is -8.19. The number of carbonyl (C=O) groups is 1. The van der Waals surface area contributed by atoms with Crippen molar-refractivity contribution in [2.75, 3.05) is 21.5 Å². The smallest absolute Gasteiger partial charge is 0.245 e. The predicted molar refractivity (Wildman–Crippen MR) is 129 cm³/mol. The van der Waals surface area contributed by atoms with Gasteiger partial charge in [-0.1, -0.05) is 36.4 Å². The number of nitrogens with zero attached hydrogens (tertiary/aromatic N) is 2. The molecule has 0 saturated carbocycles. The zero-order valence-electron chi connectivity index (χ0n) is 18.2. The Kier molecular flexibility index (Phi) is 5.83. The summed E-state index contributed by atoms with van der Waals surface area (Å²) in [4.78, 5) is 17.6. The van der Waals surface area contributed by atoms with Gasteiger partial charge in [-0.2, -0.15) is 3.71 Å². The quantitative estimate of drug-likeness (QED) is 0.550. The Morgan fingerprint density at radius 3 is 2.33 bits per heavy atom. The number of amides is 1. The number of hydrogen-bond donors (Lipinski definition) is 1. The molecule has 1 aromatic heterocycles. The second kappa shape index (κ2) is 8.23. The summed E-state index contributed by atoms with van der Waals surface area (Å²) in [6.45, 7) is 1.86. The molecule has 8 nitrogen and oxygen atoms in total. The molecule has 1 aliphatic carbocycles.